The van der Waals surface area contributed by atoms with Crippen molar-refractivity contribution in [1.82, 2.24) is 15.1 Å². The second kappa shape index (κ2) is 7.43. The molecule has 2 aromatic rings. The predicted molar refractivity (Wildman–Crippen MR) is 94.6 cm³/mol. The smallest absolute Gasteiger partial charge is 0.269 e. The van der Waals surface area contributed by atoms with Gasteiger partial charge in [-0.1, -0.05) is 13.8 Å². The summed E-state index contributed by atoms with van der Waals surface area (Å²) in [6.07, 6.45) is 3.82. The minimum atomic E-state index is -0.485. The van der Waals surface area contributed by atoms with Crippen molar-refractivity contribution < 1.29 is 9.72 Å². The average molecular weight is 345 g/mol. The van der Waals surface area contributed by atoms with E-state index >= 15 is 0 Å². The van der Waals surface area contributed by atoms with Gasteiger partial charge in [0.25, 0.3) is 11.6 Å². The third kappa shape index (κ3) is 4.63. The first kappa shape index (κ1) is 18.6. The van der Waals surface area contributed by atoms with Gasteiger partial charge in [0.15, 0.2) is 0 Å². The zero-order chi connectivity index (χ0) is 18.6. The van der Waals surface area contributed by atoms with E-state index in [0.29, 0.717) is 23.7 Å². The van der Waals surface area contributed by atoms with Gasteiger partial charge in [0.1, 0.15) is 0 Å². The fourth-order valence-electron chi connectivity index (χ4n) is 2.74. The van der Waals surface area contributed by atoms with Gasteiger partial charge in [-0.05, 0) is 31.4 Å². The van der Waals surface area contributed by atoms with E-state index in [1.54, 1.807) is 18.3 Å². The highest BCUT2D eigenvalue weighted by molar-refractivity contribution is 5.94. The lowest BCUT2D eigenvalue weighted by Gasteiger charge is -2.31. The molecule has 1 heterocycles. The molecule has 3 N–H and O–H groups in total. The van der Waals surface area contributed by atoms with Crippen LogP contribution in [0.2, 0.25) is 0 Å². The van der Waals surface area contributed by atoms with E-state index in [0.717, 1.165) is 6.42 Å². The standard InChI is InChI=1S/C17H23N5O3/c1-12(2)8-17(3,11-18)20-16(23)13-9-19-21(10-13)14-4-6-15(7-5-14)22(24)25/h4-7,9-10,12H,8,11,18H2,1-3H3,(H,20,23). The van der Waals surface area contributed by atoms with Crippen LogP contribution in [0.3, 0.4) is 0 Å². The Bertz CT molecular complexity index is 754. The van der Waals surface area contributed by atoms with Crippen molar-refractivity contribution in [3.8, 4) is 5.69 Å². The molecule has 2 rings (SSSR count). The van der Waals surface area contributed by atoms with Crippen molar-refractivity contribution >= 4 is 11.6 Å². The molecular formula is C17H23N5O3. The Morgan fingerprint density at radius 2 is 2.04 bits per heavy atom. The number of benzene rings is 1. The first-order valence-electron chi connectivity index (χ1n) is 8.06. The molecule has 1 atom stereocenters. The summed E-state index contributed by atoms with van der Waals surface area (Å²) in [4.78, 5) is 22.7. The maximum absolute atomic E-state index is 12.5. The van der Waals surface area contributed by atoms with Gasteiger partial charge in [-0.2, -0.15) is 5.10 Å². The summed E-state index contributed by atoms with van der Waals surface area (Å²) in [5.41, 5.74) is 6.38. The third-order valence-electron chi connectivity index (χ3n) is 3.89. The van der Waals surface area contributed by atoms with Gasteiger partial charge in [0, 0.05) is 30.4 Å². The SMILES string of the molecule is CC(C)CC(C)(CN)NC(=O)c1cnn(-c2ccc([N+](=O)[O-])cc2)c1. The van der Waals surface area contributed by atoms with Crippen LogP contribution in [0, 0.1) is 16.0 Å². The highest BCUT2D eigenvalue weighted by Crippen LogP contribution is 2.18. The molecule has 0 saturated heterocycles. The van der Waals surface area contributed by atoms with Gasteiger partial charge in [-0.15, -0.1) is 0 Å². The molecule has 8 nitrogen and oxygen atoms in total. The summed E-state index contributed by atoms with van der Waals surface area (Å²) in [5.74, 6) is 0.151. The lowest BCUT2D eigenvalue weighted by Crippen LogP contribution is -2.52. The number of rotatable bonds is 7. The van der Waals surface area contributed by atoms with Crippen molar-refractivity contribution in [2.24, 2.45) is 11.7 Å². The van der Waals surface area contributed by atoms with Crippen LogP contribution in [0.5, 0.6) is 0 Å². The van der Waals surface area contributed by atoms with Crippen molar-refractivity contribution in [2.75, 3.05) is 6.54 Å². The first-order chi connectivity index (χ1) is 11.7. The van der Waals surface area contributed by atoms with Gasteiger partial charge in [-0.25, -0.2) is 4.68 Å². The molecule has 25 heavy (non-hydrogen) atoms. The molecule has 0 aliphatic heterocycles. The molecule has 0 radical (unpaired) electrons. The molecule has 134 valence electrons. The molecule has 0 aliphatic carbocycles. The fourth-order valence-corrected chi connectivity index (χ4v) is 2.74. The number of nitro groups is 1. The number of amides is 1. The van der Waals surface area contributed by atoms with Crippen molar-refractivity contribution in [3.05, 3.63) is 52.3 Å². The highest BCUT2D eigenvalue weighted by atomic mass is 16.6. The number of non-ortho nitro benzene ring substituents is 1. The Labute approximate surface area is 146 Å². The number of aromatic nitrogens is 2. The summed E-state index contributed by atoms with van der Waals surface area (Å²) >= 11 is 0. The Morgan fingerprint density at radius 3 is 2.56 bits per heavy atom. The summed E-state index contributed by atoms with van der Waals surface area (Å²) in [7, 11) is 0. The average Bonchev–Trinajstić information content (AvgIpc) is 3.04. The summed E-state index contributed by atoms with van der Waals surface area (Å²) in [5, 5.41) is 17.8. The van der Waals surface area contributed by atoms with E-state index in [1.807, 2.05) is 6.92 Å². The van der Waals surface area contributed by atoms with Gasteiger partial charge >= 0.3 is 0 Å². The minimum Gasteiger partial charge on any atom is -0.346 e. The van der Waals surface area contributed by atoms with Gasteiger partial charge in [0.05, 0.1) is 22.4 Å². The number of hydrogen-bond acceptors (Lipinski definition) is 5. The topological polar surface area (TPSA) is 116 Å². The summed E-state index contributed by atoms with van der Waals surface area (Å²) in [6, 6.07) is 5.95. The fraction of sp³-hybridized carbons (Fsp3) is 0.412. The Balaban J connectivity index is 2.14. The molecule has 0 bridgehead atoms. The number of carbonyl (C=O) groups is 1. The van der Waals surface area contributed by atoms with Crippen LogP contribution in [-0.2, 0) is 0 Å². The van der Waals surface area contributed by atoms with Crippen LogP contribution in [0.25, 0.3) is 5.69 Å². The molecular weight excluding hydrogens is 322 g/mol. The van der Waals surface area contributed by atoms with E-state index in [1.165, 1.54) is 23.0 Å². The molecule has 8 heteroatoms. The molecule has 1 amide bonds. The number of hydrogen-bond donors (Lipinski definition) is 2. The number of nitro benzene ring substituents is 1. The van der Waals surface area contributed by atoms with Crippen LogP contribution in [0.1, 0.15) is 37.6 Å². The largest absolute Gasteiger partial charge is 0.346 e. The molecule has 1 unspecified atom stereocenters. The van der Waals surface area contributed by atoms with E-state index < -0.39 is 10.5 Å². The van der Waals surface area contributed by atoms with Crippen LogP contribution in [-0.4, -0.2) is 32.7 Å². The normalized spacial score (nSPS) is 13.5. The van der Waals surface area contributed by atoms with Gasteiger partial charge in [0.2, 0.25) is 0 Å². The van der Waals surface area contributed by atoms with Gasteiger partial charge < -0.3 is 11.1 Å². The van der Waals surface area contributed by atoms with Crippen molar-refractivity contribution in [3.63, 3.8) is 0 Å². The van der Waals surface area contributed by atoms with Crippen molar-refractivity contribution in [2.45, 2.75) is 32.7 Å². The monoisotopic (exact) mass is 345 g/mol. The molecule has 0 spiro atoms. The zero-order valence-corrected chi connectivity index (χ0v) is 14.6. The number of carbonyl (C=O) groups excluding carboxylic acids is 1. The van der Waals surface area contributed by atoms with E-state index in [2.05, 4.69) is 24.3 Å². The lowest BCUT2D eigenvalue weighted by atomic mass is 9.90. The van der Waals surface area contributed by atoms with Crippen LogP contribution >= 0.6 is 0 Å². The third-order valence-corrected chi connectivity index (χ3v) is 3.89. The maximum atomic E-state index is 12.5. The number of nitrogens with zero attached hydrogens (tertiary/aromatic N) is 3. The summed E-state index contributed by atoms with van der Waals surface area (Å²) < 4.78 is 1.50. The van der Waals surface area contributed by atoms with Gasteiger partial charge in [-0.3, -0.25) is 14.9 Å². The van der Waals surface area contributed by atoms with E-state index in [9.17, 15) is 14.9 Å². The van der Waals surface area contributed by atoms with Crippen molar-refractivity contribution in [1.29, 1.82) is 0 Å². The Morgan fingerprint density at radius 1 is 1.40 bits per heavy atom. The summed E-state index contributed by atoms with van der Waals surface area (Å²) in [6.45, 7) is 6.42. The first-order valence-corrected chi connectivity index (χ1v) is 8.06. The predicted octanol–water partition coefficient (Wildman–Crippen LogP) is 2.27. The molecule has 0 saturated carbocycles. The van der Waals surface area contributed by atoms with E-state index in [4.69, 9.17) is 5.73 Å². The quantitative estimate of drug-likeness (QED) is 0.590. The van der Waals surface area contributed by atoms with Crippen LogP contribution in [0.15, 0.2) is 36.7 Å². The molecule has 1 aromatic carbocycles. The highest BCUT2D eigenvalue weighted by Gasteiger charge is 2.26. The minimum absolute atomic E-state index is 0.00118. The second-order valence-electron chi connectivity index (χ2n) is 6.76. The van der Waals surface area contributed by atoms with Crippen LogP contribution in [0.4, 0.5) is 5.69 Å². The zero-order valence-electron chi connectivity index (χ0n) is 14.6. The molecule has 1 aromatic heterocycles. The Kier molecular flexibility index (Phi) is 5.53. The Hall–Kier alpha value is -2.74. The maximum Gasteiger partial charge on any atom is 0.269 e. The number of nitrogens with one attached hydrogen (secondary N) is 1. The number of nitrogens with two attached hydrogens (primary N) is 1. The molecule has 0 fully saturated rings. The van der Waals surface area contributed by atoms with E-state index in [-0.39, 0.29) is 11.6 Å². The second-order valence-corrected chi connectivity index (χ2v) is 6.76. The molecule has 0 aliphatic rings. The van der Waals surface area contributed by atoms with Crippen LogP contribution < -0.4 is 11.1 Å². The lowest BCUT2D eigenvalue weighted by molar-refractivity contribution is -0.384.